The second-order valence-corrected chi connectivity index (χ2v) is 5.15. The fraction of sp³-hybridized carbons (Fsp3) is 0.188. The van der Waals surface area contributed by atoms with Gasteiger partial charge < -0.3 is 10.1 Å². The molecule has 0 aliphatic carbocycles. The number of carbonyl (C=O) groups is 2. The molecule has 130 valence electrons. The standard InChI is InChI=1S/C16H15N3O6/c1-10-7-15(21)18(8-13(10)19(23)24)9-14(20)17-12-6-4-3-5-11(12)16(22)25-2/h3-8H,9H2,1-2H3,(H,17,20). The molecule has 25 heavy (non-hydrogen) atoms. The zero-order valence-corrected chi connectivity index (χ0v) is 13.5. The lowest BCUT2D eigenvalue weighted by Crippen LogP contribution is -2.28. The maximum Gasteiger partial charge on any atom is 0.339 e. The van der Waals surface area contributed by atoms with E-state index in [0.717, 1.165) is 16.8 Å². The molecule has 0 radical (unpaired) electrons. The summed E-state index contributed by atoms with van der Waals surface area (Å²) in [6.07, 6.45) is 1.02. The van der Waals surface area contributed by atoms with Gasteiger partial charge in [0.05, 0.1) is 29.5 Å². The molecule has 0 aliphatic rings. The summed E-state index contributed by atoms with van der Waals surface area (Å²) in [5, 5.41) is 13.4. The van der Waals surface area contributed by atoms with Crippen LogP contribution in [-0.4, -0.2) is 28.5 Å². The Kier molecular flexibility index (Phi) is 5.28. The minimum absolute atomic E-state index is 0.153. The van der Waals surface area contributed by atoms with Gasteiger partial charge in [0.2, 0.25) is 5.91 Å². The molecule has 1 heterocycles. The van der Waals surface area contributed by atoms with Crippen molar-refractivity contribution in [1.29, 1.82) is 0 Å². The highest BCUT2D eigenvalue weighted by molar-refractivity contribution is 6.01. The van der Waals surface area contributed by atoms with Gasteiger partial charge in [-0.25, -0.2) is 4.79 Å². The van der Waals surface area contributed by atoms with Crippen molar-refractivity contribution < 1.29 is 19.2 Å². The number of pyridine rings is 1. The zero-order valence-electron chi connectivity index (χ0n) is 13.5. The first kappa shape index (κ1) is 17.9. The van der Waals surface area contributed by atoms with Crippen LogP contribution in [0.1, 0.15) is 15.9 Å². The molecule has 0 fully saturated rings. The Morgan fingerprint density at radius 1 is 1.32 bits per heavy atom. The number of aryl methyl sites for hydroxylation is 1. The highest BCUT2D eigenvalue weighted by Crippen LogP contribution is 2.17. The van der Waals surface area contributed by atoms with E-state index in [1.165, 1.54) is 26.2 Å². The van der Waals surface area contributed by atoms with Crippen LogP contribution >= 0.6 is 0 Å². The molecule has 1 N–H and O–H groups in total. The van der Waals surface area contributed by atoms with Gasteiger partial charge in [-0.3, -0.25) is 24.3 Å². The topological polar surface area (TPSA) is 121 Å². The molecule has 2 rings (SSSR count). The van der Waals surface area contributed by atoms with Gasteiger partial charge in [0, 0.05) is 11.6 Å². The maximum atomic E-state index is 12.2. The number of hydrogen-bond donors (Lipinski definition) is 1. The number of rotatable bonds is 5. The summed E-state index contributed by atoms with van der Waals surface area (Å²) in [5.41, 5.74) is -0.223. The molecule has 1 aromatic heterocycles. The predicted molar refractivity (Wildman–Crippen MR) is 88.5 cm³/mol. The van der Waals surface area contributed by atoms with Gasteiger partial charge in [-0.1, -0.05) is 12.1 Å². The van der Waals surface area contributed by atoms with Gasteiger partial charge in [-0.15, -0.1) is 0 Å². The molecular formula is C16H15N3O6. The van der Waals surface area contributed by atoms with Crippen LogP contribution in [0.15, 0.2) is 41.3 Å². The number of amides is 1. The maximum absolute atomic E-state index is 12.2. The van der Waals surface area contributed by atoms with Crippen molar-refractivity contribution in [2.45, 2.75) is 13.5 Å². The lowest BCUT2D eigenvalue weighted by molar-refractivity contribution is -0.385. The van der Waals surface area contributed by atoms with Crippen molar-refractivity contribution in [1.82, 2.24) is 4.57 Å². The third-order valence-electron chi connectivity index (χ3n) is 3.42. The Balaban J connectivity index is 2.25. The molecule has 0 spiro atoms. The Morgan fingerprint density at radius 2 is 2.00 bits per heavy atom. The summed E-state index contributed by atoms with van der Waals surface area (Å²) in [5.74, 6) is -1.24. The van der Waals surface area contributed by atoms with Crippen molar-refractivity contribution in [2.24, 2.45) is 0 Å². The summed E-state index contributed by atoms with van der Waals surface area (Å²) >= 11 is 0. The second kappa shape index (κ2) is 7.39. The monoisotopic (exact) mass is 345 g/mol. The van der Waals surface area contributed by atoms with Crippen molar-refractivity contribution in [3.63, 3.8) is 0 Å². The van der Waals surface area contributed by atoms with Crippen LogP contribution in [0.4, 0.5) is 11.4 Å². The van der Waals surface area contributed by atoms with Crippen molar-refractivity contribution in [3.8, 4) is 0 Å². The molecule has 9 nitrogen and oxygen atoms in total. The molecular weight excluding hydrogens is 330 g/mol. The molecule has 1 aromatic carbocycles. The zero-order chi connectivity index (χ0) is 18.6. The predicted octanol–water partition coefficient (Wildman–Crippen LogP) is 1.49. The first-order valence-electron chi connectivity index (χ1n) is 7.16. The van der Waals surface area contributed by atoms with Crippen molar-refractivity contribution in [3.05, 3.63) is 68.1 Å². The number of esters is 1. The average molecular weight is 345 g/mol. The molecule has 0 bridgehead atoms. The smallest absolute Gasteiger partial charge is 0.339 e. The van der Waals surface area contributed by atoms with Crippen LogP contribution < -0.4 is 10.9 Å². The van der Waals surface area contributed by atoms with Gasteiger partial charge in [-0.2, -0.15) is 0 Å². The first-order chi connectivity index (χ1) is 11.8. The van der Waals surface area contributed by atoms with Crippen molar-refractivity contribution >= 4 is 23.3 Å². The summed E-state index contributed by atoms with van der Waals surface area (Å²) in [7, 11) is 1.21. The van der Waals surface area contributed by atoms with Crippen LogP contribution in [0.25, 0.3) is 0 Å². The molecule has 0 saturated heterocycles. The van der Waals surface area contributed by atoms with E-state index in [1.807, 2.05) is 0 Å². The third kappa shape index (κ3) is 4.08. The van der Waals surface area contributed by atoms with E-state index in [4.69, 9.17) is 0 Å². The van der Waals surface area contributed by atoms with E-state index >= 15 is 0 Å². The second-order valence-electron chi connectivity index (χ2n) is 5.15. The Bertz CT molecular complexity index is 903. The number of carbonyl (C=O) groups excluding carboxylic acids is 2. The molecule has 1 amide bonds. The van der Waals surface area contributed by atoms with E-state index in [1.54, 1.807) is 12.1 Å². The quantitative estimate of drug-likeness (QED) is 0.498. The minimum atomic E-state index is -0.629. The van der Waals surface area contributed by atoms with Crippen LogP contribution in [0.3, 0.4) is 0 Å². The number of anilines is 1. The van der Waals surface area contributed by atoms with Gasteiger partial charge in [0.15, 0.2) is 0 Å². The van der Waals surface area contributed by atoms with E-state index in [0.29, 0.717) is 0 Å². The molecule has 0 aliphatic heterocycles. The van der Waals surface area contributed by atoms with Gasteiger partial charge in [0.1, 0.15) is 6.54 Å². The molecule has 9 heteroatoms. The number of nitro groups is 1. The fourth-order valence-corrected chi connectivity index (χ4v) is 2.19. The minimum Gasteiger partial charge on any atom is -0.465 e. The van der Waals surface area contributed by atoms with Crippen molar-refractivity contribution in [2.75, 3.05) is 12.4 Å². The molecule has 0 atom stereocenters. The molecule has 0 unspecified atom stereocenters. The highest BCUT2D eigenvalue weighted by atomic mass is 16.6. The largest absolute Gasteiger partial charge is 0.465 e. The Labute approximate surface area is 142 Å². The lowest BCUT2D eigenvalue weighted by Gasteiger charge is -2.11. The van der Waals surface area contributed by atoms with E-state index in [2.05, 4.69) is 10.1 Å². The van der Waals surface area contributed by atoms with Crippen LogP contribution in [0.2, 0.25) is 0 Å². The Morgan fingerprint density at radius 3 is 2.64 bits per heavy atom. The van der Waals surface area contributed by atoms with Gasteiger partial charge >= 0.3 is 5.97 Å². The fourth-order valence-electron chi connectivity index (χ4n) is 2.19. The lowest BCUT2D eigenvalue weighted by atomic mass is 10.2. The first-order valence-corrected chi connectivity index (χ1v) is 7.16. The number of aromatic nitrogens is 1. The Hall–Kier alpha value is -3.49. The van der Waals surface area contributed by atoms with E-state index < -0.39 is 28.9 Å². The van der Waals surface area contributed by atoms with Gasteiger partial charge in [-0.05, 0) is 19.1 Å². The molecule has 0 saturated carbocycles. The number of hydrogen-bond acceptors (Lipinski definition) is 6. The summed E-state index contributed by atoms with van der Waals surface area (Å²) < 4.78 is 5.56. The SMILES string of the molecule is COC(=O)c1ccccc1NC(=O)Cn1cc([N+](=O)[O-])c(C)cc1=O. The van der Waals surface area contributed by atoms with Gasteiger partial charge in [0.25, 0.3) is 11.2 Å². The molecule has 2 aromatic rings. The average Bonchev–Trinajstić information content (AvgIpc) is 2.56. The number of nitrogens with zero attached hydrogens (tertiary/aromatic N) is 2. The number of para-hydroxylation sites is 1. The van der Waals surface area contributed by atoms with Crippen LogP contribution in [0, 0.1) is 17.0 Å². The summed E-state index contributed by atoms with van der Waals surface area (Å²) in [4.78, 5) is 46.1. The highest BCUT2D eigenvalue weighted by Gasteiger charge is 2.17. The van der Waals surface area contributed by atoms with E-state index in [-0.39, 0.29) is 22.5 Å². The van der Waals surface area contributed by atoms with Crippen LogP contribution in [-0.2, 0) is 16.1 Å². The summed E-state index contributed by atoms with van der Waals surface area (Å²) in [6, 6.07) is 7.29. The number of benzene rings is 1. The summed E-state index contributed by atoms with van der Waals surface area (Å²) in [6.45, 7) is 1.01. The van der Waals surface area contributed by atoms with E-state index in [9.17, 15) is 24.5 Å². The third-order valence-corrected chi connectivity index (χ3v) is 3.42. The normalized spacial score (nSPS) is 10.2. The number of methoxy groups -OCH3 is 1. The number of nitrogens with one attached hydrogen (secondary N) is 1. The number of ether oxygens (including phenoxy) is 1. The van der Waals surface area contributed by atoms with Crippen LogP contribution in [0.5, 0.6) is 0 Å².